The molecule has 0 spiro atoms. The minimum absolute atomic E-state index is 0.0879. The summed E-state index contributed by atoms with van der Waals surface area (Å²) in [4.78, 5) is 22.7. The molecule has 0 saturated heterocycles. The van der Waals surface area contributed by atoms with E-state index in [1.807, 2.05) is 13.8 Å². The number of nitro groups is 1. The van der Waals surface area contributed by atoms with Crippen molar-refractivity contribution in [2.45, 2.75) is 39.3 Å². The van der Waals surface area contributed by atoms with Crippen molar-refractivity contribution in [1.29, 1.82) is 0 Å². The van der Waals surface area contributed by atoms with Gasteiger partial charge < -0.3 is 5.11 Å². The highest BCUT2D eigenvalue weighted by Crippen LogP contribution is 2.32. The standard InChI is InChI=1S/C15H19N3O4/c1-10(2)8-15(20)9-11(3)16-17(15)14(19)12-4-6-13(7-5-12)18(21)22/h4-7,10,20H,8-9H2,1-3H3/t15-/m1/s1. The van der Waals surface area contributed by atoms with Gasteiger partial charge in [-0.05, 0) is 31.4 Å². The summed E-state index contributed by atoms with van der Waals surface area (Å²) in [7, 11) is 0. The molecule has 1 aromatic rings. The average molecular weight is 305 g/mol. The van der Waals surface area contributed by atoms with Gasteiger partial charge in [-0.15, -0.1) is 0 Å². The van der Waals surface area contributed by atoms with Gasteiger partial charge in [-0.25, -0.2) is 0 Å². The molecular weight excluding hydrogens is 286 g/mol. The normalized spacial score (nSPS) is 21.1. The van der Waals surface area contributed by atoms with Crippen molar-refractivity contribution < 1.29 is 14.8 Å². The molecule has 7 nitrogen and oxygen atoms in total. The van der Waals surface area contributed by atoms with Crippen LogP contribution in [-0.2, 0) is 0 Å². The topological polar surface area (TPSA) is 96.0 Å². The number of aliphatic hydroxyl groups is 1. The molecule has 22 heavy (non-hydrogen) atoms. The van der Waals surface area contributed by atoms with Crippen molar-refractivity contribution in [2.24, 2.45) is 11.0 Å². The molecule has 0 aliphatic carbocycles. The summed E-state index contributed by atoms with van der Waals surface area (Å²) in [5.41, 5.74) is -0.489. The highest BCUT2D eigenvalue weighted by Gasteiger charge is 2.43. The summed E-state index contributed by atoms with van der Waals surface area (Å²) < 4.78 is 0. The fraction of sp³-hybridized carbons (Fsp3) is 0.467. The number of non-ortho nitro benzene ring substituents is 1. The Kier molecular flexibility index (Phi) is 4.27. The lowest BCUT2D eigenvalue weighted by Gasteiger charge is -2.32. The summed E-state index contributed by atoms with van der Waals surface area (Å²) in [6.45, 7) is 5.68. The van der Waals surface area contributed by atoms with Gasteiger partial charge in [0.15, 0.2) is 5.72 Å². The van der Waals surface area contributed by atoms with E-state index in [-0.39, 0.29) is 17.2 Å². The number of benzene rings is 1. The Morgan fingerprint density at radius 3 is 2.55 bits per heavy atom. The molecule has 0 aromatic heterocycles. The first-order chi connectivity index (χ1) is 10.2. The summed E-state index contributed by atoms with van der Waals surface area (Å²) in [6, 6.07) is 5.28. The van der Waals surface area contributed by atoms with Crippen LogP contribution in [0.3, 0.4) is 0 Å². The molecule has 0 bridgehead atoms. The Bertz CT molecular complexity index is 624. The minimum atomic E-state index is -1.34. The van der Waals surface area contributed by atoms with E-state index >= 15 is 0 Å². The molecule has 2 rings (SSSR count). The largest absolute Gasteiger partial charge is 0.369 e. The quantitative estimate of drug-likeness (QED) is 0.683. The summed E-state index contributed by atoms with van der Waals surface area (Å²) >= 11 is 0. The fourth-order valence-corrected chi connectivity index (χ4v) is 2.68. The van der Waals surface area contributed by atoms with Crippen molar-refractivity contribution >= 4 is 17.3 Å². The number of amides is 1. The zero-order valence-corrected chi connectivity index (χ0v) is 12.8. The number of nitro benzene ring substituents is 1. The van der Waals surface area contributed by atoms with Gasteiger partial charge in [-0.1, -0.05) is 13.8 Å². The minimum Gasteiger partial charge on any atom is -0.369 e. The van der Waals surface area contributed by atoms with E-state index in [9.17, 15) is 20.0 Å². The Hall–Kier alpha value is -2.28. The average Bonchev–Trinajstić information content (AvgIpc) is 2.71. The van der Waals surface area contributed by atoms with Crippen LogP contribution in [0.5, 0.6) is 0 Å². The number of nitrogens with zero attached hydrogens (tertiary/aromatic N) is 3. The molecule has 0 saturated carbocycles. The highest BCUT2D eigenvalue weighted by atomic mass is 16.6. The molecule has 7 heteroatoms. The van der Waals surface area contributed by atoms with Crippen molar-refractivity contribution in [3.63, 3.8) is 0 Å². The van der Waals surface area contributed by atoms with Crippen LogP contribution < -0.4 is 0 Å². The number of rotatable bonds is 4. The molecule has 1 amide bonds. The molecular formula is C15H19N3O4. The van der Waals surface area contributed by atoms with Crippen LogP contribution in [0.25, 0.3) is 0 Å². The number of hydrazone groups is 1. The van der Waals surface area contributed by atoms with Crippen LogP contribution in [0.2, 0.25) is 0 Å². The Morgan fingerprint density at radius 1 is 1.45 bits per heavy atom. The van der Waals surface area contributed by atoms with Crippen LogP contribution in [0.1, 0.15) is 44.0 Å². The van der Waals surface area contributed by atoms with Crippen molar-refractivity contribution in [1.82, 2.24) is 5.01 Å². The lowest BCUT2D eigenvalue weighted by molar-refractivity contribution is -0.384. The van der Waals surface area contributed by atoms with Gasteiger partial charge in [0.1, 0.15) is 0 Å². The van der Waals surface area contributed by atoms with E-state index < -0.39 is 16.6 Å². The Labute approximate surface area is 128 Å². The third-order valence-electron chi connectivity index (χ3n) is 3.46. The second-order valence-corrected chi connectivity index (χ2v) is 6.01. The van der Waals surface area contributed by atoms with Crippen LogP contribution in [0.4, 0.5) is 5.69 Å². The number of hydrogen-bond acceptors (Lipinski definition) is 5. The smallest absolute Gasteiger partial charge is 0.276 e. The van der Waals surface area contributed by atoms with E-state index in [0.29, 0.717) is 18.6 Å². The zero-order chi connectivity index (χ0) is 16.5. The van der Waals surface area contributed by atoms with Gasteiger partial charge in [-0.2, -0.15) is 10.1 Å². The SMILES string of the molecule is CC1=NN(C(=O)c2ccc([N+](=O)[O-])cc2)[C@@](O)(CC(C)C)C1. The lowest BCUT2D eigenvalue weighted by Crippen LogP contribution is -2.46. The molecule has 0 unspecified atom stereocenters. The van der Waals surface area contributed by atoms with Gasteiger partial charge in [0.2, 0.25) is 0 Å². The van der Waals surface area contributed by atoms with E-state index in [0.717, 1.165) is 5.01 Å². The molecule has 0 radical (unpaired) electrons. The molecule has 1 aliphatic heterocycles. The second-order valence-electron chi connectivity index (χ2n) is 6.01. The molecule has 0 fully saturated rings. The van der Waals surface area contributed by atoms with E-state index in [1.54, 1.807) is 6.92 Å². The van der Waals surface area contributed by atoms with E-state index in [1.165, 1.54) is 24.3 Å². The van der Waals surface area contributed by atoms with Gasteiger partial charge in [0.25, 0.3) is 11.6 Å². The van der Waals surface area contributed by atoms with Gasteiger partial charge in [0.05, 0.1) is 4.92 Å². The monoisotopic (exact) mass is 305 g/mol. The second kappa shape index (κ2) is 5.84. The van der Waals surface area contributed by atoms with Gasteiger partial charge in [-0.3, -0.25) is 14.9 Å². The first-order valence-electron chi connectivity index (χ1n) is 7.08. The summed E-state index contributed by atoms with van der Waals surface area (Å²) in [5, 5.41) is 26.6. The third kappa shape index (κ3) is 3.14. The predicted octanol–water partition coefficient (Wildman–Crippen LogP) is 2.55. The van der Waals surface area contributed by atoms with Crippen LogP contribution in [-0.4, -0.2) is 32.4 Å². The van der Waals surface area contributed by atoms with E-state index in [4.69, 9.17) is 0 Å². The number of carbonyl (C=O) groups excluding carboxylic acids is 1. The molecule has 1 heterocycles. The summed E-state index contributed by atoms with van der Waals surface area (Å²) in [6.07, 6.45) is 0.719. The lowest BCUT2D eigenvalue weighted by atomic mass is 9.95. The fourth-order valence-electron chi connectivity index (χ4n) is 2.68. The zero-order valence-electron chi connectivity index (χ0n) is 12.8. The maximum atomic E-state index is 12.6. The molecule has 118 valence electrons. The van der Waals surface area contributed by atoms with Crippen LogP contribution in [0.15, 0.2) is 29.4 Å². The highest BCUT2D eigenvalue weighted by molar-refractivity contribution is 5.97. The van der Waals surface area contributed by atoms with E-state index in [2.05, 4.69) is 5.10 Å². The number of hydrogen-bond donors (Lipinski definition) is 1. The van der Waals surface area contributed by atoms with Crippen LogP contribution >= 0.6 is 0 Å². The molecule has 1 aromatic carbocycles. The molecule has 1 N–H and O–H groups in total. The predicted molar refractivity (Wildman–Crippen MR) is 81.4 cm³/mol. The van der Waals surface area contributed by atoms with Gasteiger partial charge in [0, 0.05) is 29.8 Å². The Balaban J connectivity index is 2.28. The number of carbonyl (C=O) groups is 1. The molecule has 1 aliphatic rings. The third-order valence-corrected chi connectivity index (χ3v) is 3.46. The van der Waals surface area contributed by atoms with Crippen molar-refractivity contribution in [3.05, 3.63) is 39.9 Å². The van der Waals surface area contributed by atoms with Crippen molar-refractivity contribution in [3.8, 4) is 0 Å². The van der Waals surface area contributed by atoms with Gasteiger partial charge >= 0.3 is 0 Å². The van der Waals surface area contributed by atoms with Crippen LogP contribution in [0, 0.1) is 16.0 Å². The summed E-state index contributed by atoms with van der Waals surface area (Å²) in [5.74, 6) is -0.270. The maximum Gasteiger partial charge on any atom is 0.276 e. The maximum absolute atomic E-state index is 12.6. The first-order valence-corrected chi connectivity index (χ1v) is 7.08. The molecule has 1 atom stereocenters. The van der Waals surface area contributed by atoms with Crippen molar-refractivity contribution in [2.75, 3.05) is 0 Å². The Morgan fingerprint density at radius 2 is 2.05 bits per heavy atom. The first kappa shape index (κ1) is 16.1.